The minimum Gasteiger partial charge on any atom is -0.478 e. The molecule has 2 rings (SSSR count). The predicted octanol–water partition coefficient (Wildman–Crippen LogP) is 3.62. The fourth-order valence-electron chi connectivity index (χ4n) is 2.48. The zero-order chi connectivity index (χ0) is 16.8. The van der Waals surface area contributed by atoms with Crippen LogP contribution in [0.25, 0.3) is 10.9 Å². The van der Waals surface area contributed by atoms with Crippen LogP contribution < -0.4 is 10.1 Å². The zero-order valence-corrected chi connectivity index (χ0v) is 14.6. The average Bonchev–Trinajstić information content (AvgIpc) is 2.84. The first-order chi connectivity index (χ1) is 11.1. The molecule has 1 N–H and O–H groups in total. The van der Waals surface area contributed by atoms with Crippen LogP contribution in [0, 0.1) is 5.92 Å². The maximum Gasteiger partial charge on any atom is 0.251 e. The molecule has 0 unspecified atom stereocenters. The summed E-state index contributed by atoms with van der Waals surface area (Å²) in [6.45, 7) is 10.5. The van der Waals surface area contributed by atoms with Crippen LogP contribution in [0.4, 0.5) is 0 Å². The molecule has 1 aromatic carbocycles. The number of fused-ring (bicyclic) bond motifs is 1. The topological polar surface area (TPSA) is 56.2 Å². The molecular formula is C18H27N3O2. The lowest BCUT2D eigenvalue weighted by atomic mass is 10.1. The molecule has 2 aromatic rings. The second-order valence-electron chi connectivity index (χ2n) is 6.13. The fraction of sp³-hybridized carbons (Fsp3) is 0.556. The summed E-state index contributed by atoms with van der Waals surface area (Å²) in [5.41, 5.74) is 1.45. The van der Waals surface area contributed by atoms with Gasteiger partial charge in [0.05, 0.1) is 17.5 Å². The van der Waals surface area contributed by atoms with Gasteiger partial charge in [-0.25, -0.2) is 4.68 Å². The third-order valence-corrected chi connectivity index (χ3v) is 3.68. The first-order valence-electron chi connectivity index (χ1n) is 8.48. The standard InChI is InChI=1S/C18H27N3O2/c1-5-11-21-18(23-6-2)15-8-7-14(12-16(15)20-21)17(22)19-10-9-13(3)4/h7-8,12-13H,5-6,9-11H2,1-4H3,(H,19,22). The van der Waals surface area contributed by atoms with E-state index < -0.39 is 0 Å². The van der Waals surface area contributed by atoms with E-state index in [1.54, 1.807) is 0 Å². The van der Waals surface area contributed by atoms with Crippen molar-refractivity contribution in [1.29, 1.82) is 0 Å². The van der Waals surface area contributed by atoms with E-state index in [1.807, 2.05) is 29.8 Å². The van der Waals surface area contributed by atoms with E-state index in [0.717, 1.165) is 36.2 Å². The van der Waals surface area contributed by atoms with Gasteiger partial charge in [-0.2, -0.15) is 5.10 Å². The highest BCUT2D eigenvalue weighted by Gasteiger charge is 2.14. The van der Waals surface area contributed by atoms with E-state index in [0.29, 0.717) is 24.6 Å². The van der Waals surface area contributed by atoms with Gasteiger partial charge in [0.1, 0.15) is 0 Å². The highest BCUT2D eigenvalue weighted by molar-refractivity contribution is 5.98. The molecule has 0 saturated carbocycles. The molecule has 1 aromatic heterocycles. The minimum absolute atomic E-state index is 0.0458. The first kappa shape index (κ1) is 17.3. The number of aromatic nitrogens is 2. The summed E-state index contributed by atoms with van der Waals surface area (Å²) in [5, 5.41) is 8.50. The first-order valence-corrected chi connectivity index (χ1v) is 8.48. The van der Waals surface area contributed by atoms with Gasteiger partial charge in [-0.3, -0.25) is 4.79 Å². The number of ether oxygens (including phenoxy) is 1. The quantitative estimate of drug-likeness (QED) is 0.809. The summed E-state index contributed by atoms with van der Waals surface area (Å²) in [6, 6.07) is 5.61. The van der Waals surface area contributed by atoms with Crippen LogP contribution in [0.1, 0.15) is 50.9 Å². The van der Waals surface area contributed by atoms with Gasteiger partial charge in [-0.1, -0.05) is 20.8 Å². The van der Waals surface area contributed by atoms with Crippen LogP contribution in [0.5, 0.6) is 5.88 Å². The van der Waals surface area contributed by atoms with E-state index in [9.17, 15) is 4.79 Å². The second-order valence-corrected chi connectivity index (χ2v) is 6.13. The molecule has 1 amide bonds. The number of carbonyl (C=O) groups excluding carboxylic acids is 1. The number of aryl methyl sites for hydroxylation is 1. The van der Waals surface area contributed by atoms with Crippen LogP contribution in [-0.4, -0.2) is 28.8 Å². The summed E-state index contributed by atoms with van der Waals surface area (Å²) < 4.78 is 7.62. The van der Waals surface area contributed by atoms with Crippen molar-refractivity contribution in [2.45, 2.75) is 47.1 Å². The van der Waals surface area contributed by atoms with Crippen molar-refractivity contribution in [3.63, 3.8) is 0 Å². The lowest BCUT2D eigenvalue weighted by molar-refractivity contribution is 0.0952. The van der Waals surface area contributed by atoms with Gasteiger partial charge in [-0.05, 0) is 43.9 Å². The Hall–Kier alpha value is -2.04. The Morgan fingerprint density at radius 2 is 2.13 bits per heavy atom. The molecule has 0 aliphatic heterocycles. The summed E-state index contributed by atoms with van der Waals surface area (Å²) in [5.74, 6) is 1.32. The van der Waals surface area contributed by atoms with Crippen LogP contribution in [-0.2, 0) is 6.54 Å². The number of nitrogens with zero attached hydrogens (tertiary/aromatic N) is 2. The molecule has 0 atom stereocenters. The van der Waals surface area contributed by atoms with Crippen LogP contribution in [0.3, 0.4) is 0 Å². The van der Waals surface area contributed by atoms with E-state index in [1.165, 1.54) is 0 Å². The van der Waals surface area contributed by atoms with Gasteiger partial charge >= 0.3 is 0 Å². The van der Waals surface area contributed by atoms with Crippen molar-refractivity contribution in [2.24, 2.45) is 5.92 Å². The second kappa shape index (κ2) is 7.99. The smallest absolute Gasteiger partial charge is 0.251 e. The number of hydrogen-bond acceptors (Lipinski definition) is 3. The Morgan fingerprint density at radius 3 is 2.78 bits per heavy atom. The van der Waals surface area contributed by atoms with Crippen molar-refractivity contribution in [3.8, 4) is 5.88 Å². The van der Waals surface area contributed by atoms with Crippen molar-refractivity contribution in [1.82, 2.24) is 15.1 Å². The van der Waals surface area contributed by atoms with Crippen LogP contribution in [0.15, 0.2) is 18.2 Å². The molecule has 1 heterocycles. The maximum atomic E-state index is 12.2. The molecule has 0 bridgehead atoms. The Kier molecular flexibility index (Phi) is 6.02. The summed E-state index contributed by atoms with van der Waals surface area (Å²) in [6.07, 6.45) is 1.96. The molecule has 5 heteroatoms. The number of benzene rings is 1. The average molecular weight is 317 g/mol. The van der Waals surface area contributed by atoms with Crippen LogP contribution >= 0.6 is 0 Å². The number of nitrogens with one attached hydrogen (secondary N) is 1. The Labute approximate surface area is 138 Å². The predicted molar refractivity (Wildman–Crippen MR) is 93.0 cm³/mol. The molecule has 126 valence electrons. The van der Waals surface area contributed by atoms with Crippen molar-refractivity contribution < 1.29 is 9.53 Å². The van der Waals surface area contributed by atoms with Gasteiger partial charge in [0, 0.05) is 18.7 Å². The van der Waals surface area contributed by atoms with Crippen molar-refractivity contribution >= 4 is 16.8 Å². The fourth-order valence-corrected chi connectivity index (χ4v) is 2.48. The highest BCUT2D eigenvalue weighted by Crippen LogP contribution is 2.27. The lowest BCUT2D eigenvalue weighted by Crippen LogP contribution is -2.25. The third-order valence-electron chi connectivity index (χ3n) is 3.68. The third kappa shape index (κ3) is 4.24. The summed E-state index contributed by atoms with van der Waals surface area (Å²) >= 11 is 0. The van der Waals surface area contributed by atoms with Gasteiger partial charge in [0.15, 0.2) is 0 Å². The monoisotopic (exact) mass is 317 g/mol. The molecule has 0 saturated heterocycles. The number of hydrogen-bond donors (Lipinski definition) is 1. The van der Waals surface area contributed by atoms with Gasteiger partial charge in [-0.15, -0.1) is 0 Å². The Balaban J connectivity index is 2.22. The van der Waals surface area contributed by atoms with E-state index in [4.69, 9.17) is 4.74 Å². The van der Waals surface area contributed by atoms with Crippen molar-refractivity contribution in [3.05, 3.63) is 23.8 Å². The molecular weight excluding hydrogens is 290 g/mol. The van der Waals surface area contributed by atoms with Gasteiger partial charge in [0.2, 0.25) is 5.88 Å². The molecule has 23 heavy (non-hydrogen) atoms. The largest absolute Gasteiger partial charge is 0.478 e. The van der Waals surface area contributed by atoms with E-state index >= 15 is 0 Å². The molecule has 5 nitrogen and oxygen atoms in total. The Bertz CT molecular complexity index is 662. The molecule has 0 spiro atoms. The molecule has 0 aliphatic carbocycles. The minimum atomic E-state index is -0.0458. The maximum absolute atomic E-state index is 12.2. The summed E-state index contributed by atoms with van der Waals surface area (Å²) in [4.78, 5) is 12.2. The number of rotatable bonds is 8. The molecule has 0 radical (unpaired) electrons. The molecule has 0 aliphatic rings. The zero-order valence-electron chi connectivity index (χ0n) is 14.6. The lowest BCUT2D eigenvalue weighted by Gasteiger charge is -2.07. The SMILES string of the molecule is CCCn1nc2cc(C(=O)NCCC(C)C)ccc2c1OCC. The normalized spacial score (nSPS) is 11.2. The molecule has 0 fully saturated rings. The van der Waals surface area contributed by atoms with Gasteiger partial charge in [0.25, 0.3) is 5.91 Å². The Morgan fingerprint density at radius 1 is 1.35 bits per heavy atom. The van der Waals surface area contributed by atoms with Crippen LogP contribution in [0.2, 0.25) is 0 Å². The van der Waals surface area contributed by atoms with Gasteiger partial charge < -0.3 is 10.1 Å². The van der Waals surface area contributed by atoms with E-state index in [-0.39, 0.29) is 5.91 Å². The van der Waals surface area contributed by atoms with Crippen molar-refractivity contribution in [2.75, 3.05) is 13.2 Å². The summed E-state index contributed by atoms with van der Waals surface area (Å²) in [7, 11) is 0. The van der Waals surface area contributed by atoms with E-state index in [2.05, 4.69) is 31.2 Å². The number of amides is 1. The highest BCUT2D eigenvalue weighted by atomic mass is 16.5. The number of carbonyl (C=O) groups is 1.